The van der Waals surface area contributed by atoms with Crippen LogP contribution in [0.3, 0.4) is 0 Å². The summed E-state index contributed by atoms with van der Waals surface area (Å²) >= 11 is 0. The second-order valence-corrected chi connectivity index (χ2v) is 4.15. The van der Waals surface area contributed by atoms with Crippen molar-refractivity contribution < 1.29 is 14.7 Å². The van der Waals surface area contributed by atoms with Gasteiger partial charge in [-0.3, -0.25) is 9.59 Å². The van der Waals surface area contributed by atoms with Crippen LogP contribution in [-0.2, 0) is 4.79 Å². The summed E-state index contributed by atoms with van der Waals surface area (Å²) in [6, 6.07) is 1.25. The Morgan fingerprint density at radius 3 is 2.44 bits per heavy atom. The van der Waals surface area contributed by atoms with Crippen LogP contribution in [0, 0.1) is 0 Å². The summed E-state index contributed by atoms with van der Waals surface area (Å²) < 4.78 is 0.862. The predicted octanol–water partition coefficient (Wildman–Crippen LogP) is 0.0271. The minimum Gasteiger partial charge on any atom is -0.476 e. The Bertz CT molecular complexity index is 521. The molecule has 0 aromatic carbocycles. The molecule has 0 aliphatic carbocycles. The lowest BCUT2D eigenvalue weighted by atomic mass is 10.3. The minimum atomic E-state index is -1.25. The molecule has 0 saturated carbocycles. The first-order valence-corrected chi connectivity index (χ1v) is 5.46. The SMILES string of the molecule is CC(C)NC(=O)C(C)n1nc(C(=O)O)ccc1=O. The highest BCUT2D eigenvalue weighted by molar-refractivity contribution is 5.85. The molecule has 7 nitrogen and oxygen atoms in total. The van der Waals surface area contributed by atoms with Gasteiger partial charge >= 0.3 is 5.97 Å². The van der Waals surface area contributed by atoms with Crippen molar-refractivity contribution >= 4 is 11.9 Å². The molecule has 1 aromatic heterocycles. The van der Waals surface area contributed by atoms with E-state index in [0.29, 0.717) is 0 Å². The zero-order chi connectivity index (χ0) is 13.9. The monoisotopic (exact) mass is 253 g/mol. The molecular weight excluding hydrogens is 238 g/mol. The molecular formula is C11H15N3O4. The molecule has 18 heavy (non-hydrogen) atoms. The average Bonchev–Trinajstić information content (AvgIpc) is 2.27. The molecule has 98 valence electrons. The van der Waals surface area contributed by atoms with Crippen LogP contribution in [0.1, 0.15) is 37.3 Å². The Balaban J connectivity index is 3.08. The van der Waals surface area contributed by atoms with E-state index in [1.54, 1.807) is 13.8 Å². The largest absolute Gasteiger partial charge is 0.476 e. The molecule has 0 radical (unpaired) electrons. The van der Waals surface area contributed by atoms with E-state index in [1.165, 1.54) is 6.92 Å². The number of aromatic carboxylic acids is 1. The number of rotatable bonds is 4. The second-order valence-electron chi connectivity index (χ2n) is 4.15. The van der Waals surface area contributed by atoms with Gasteiger partial charge in [0.1, 0.15) is 6.04 Å². The molecule has 2 N–H and O–H groups in total. The molecule has 1 heterocycles. The van der Waals surface area contributed by atoms with Crippen LogP contribution in [0.5, 0.6) is 0 Å². The number of hydrogen-bond donors (Lipinski definition) is 2. The Hall–Kier alpha value is -2.18. The Labute approximate surface area is 103 Å². The van der Waals surface area contributed by atoms with Gasteiger partial charge in [0.15, 0.2) is 5.69 Å². The highest BCUT2D eigenvalue weighted by Gasteiger charge is 2.19. The van der Waals surface area contributed by atoms with Gasteiger partial charge in [0.05, 0.1) is 0 Å². The lowest BCUT2D eigenvalue weighted by Crippen LogP contribution is -2.40. The molecule has 1 unspecified atom stereocenters. The van der Waals surface area contributed by atoms with Crippen LogP contribution in [0.2, 0.25) is 0 Å². The van der Waals surface area contributed by atoms with Gasteiger partial charge in [0.2, 0.25) is 5.91 Å². The number of aromatic nitrogens is 2. The zero-order valence-electron chi connectivity index (χ0n) is 10.4. The fourth-order valence-corrected chi connectivity index (χ4v) is 1.33. The summed E-state index contributed by atoms with van der Waals surface area (Å²) in [5.74, 6) is -1.64. The Morgan fingerprint density at radius 2 is 1.94 bits per heavy atom. The summed E-state index contributed by atoms with van der Waals surface area (Å²) in [6.07, 6.45) is 0. The predicted molar refractivity (Wildman–Crippen MR) is 63.4 cm³/mol. The van der Waals surface area contributed by atoms with E-state index in [-0.39, 0.29) is 17.6 Å². The van der Waals surface area contributed by atoms with Crippen molar-refractivity contribution in [2.75, 3.05) is 0 Å². The number of carboxylic acids is 1. The van der Waals surface area contributed by atoms with Crippen molar-refractivity contribution in [3.63, 3.8) is 0 Å². The van der Waals surface area contributed by atoms with Crippen LogP contribution in [0.15, 0.2) is 16.9 Å². The van der Waals surface area contributed by atoms with Crippen molar-refractivity contribution in [2.24, 2.45) is 0 Å². The Kier molecular flexibility index (Phi) is 4.19. The average molecular weight is 253 g/mol. The fraction of sp³-hybridized carbons (Fsp3) is 0.455. The minimum absolute atomic E-state index is 0.0710. The molecule has 0 saturated heterocycles. The van der Waals surface area contributed by atoms with Crippen molar-refractivity contribution in [1.82, 2.24) is 15.1 Å². The molecule has 0 aliphatic heterocycles. The molecule has 0 fully saturated rings. The van der Waals surface area contributed by atoms with Crippen molar-refractivity contribution in [2.45, 2.75) is 32.9 Å². The first-order chi connectivity index (χ1) is 8.32. The number of carboxylic acid groups (broad SMARTS) is 1. The molecule has 7 heteroatoms. The van der Waals surface area contributed by atoms with Crippen LogP contribution < -0.4 is 10.9 Å². The fourth-order valence-electron chi connectivity index (χ4n) is 1.33. The van der Waals surface area contributed by atoms with Gasteiger partial charge in [0, 0.05) is 12.1 Å². The first kappa shape index (κ1) is 13.9. The van der Waals surface area contributed by atoms with E-state index in [1.807, 2.05) is 0 Å². The quantitative estimate of drug-likeness (QED) is 0.788. The topological polar surface area (TPSA) is 101 Å². The lowest BCUT2D eigenvalue weighted by molar-refractivity contribution is -0.124. The molecule has 0 bridgehead atoms. The van der Waals surface area contributed by atoms with E-state index < -0.39 is 17.6 Å². The second kappa shape index (κ2) is 5.44. The Morgan fingerprint density at radius 1 is 1.33 bits per heavy atom. The maximum Gasteiger partial charge on any atom is 0.356 e. The molecule has 1 amide bonds. The summed E-state index contributed by atoms with van der Waals surface area (Å²) in [4.78, 5) is 34.0. The molecule has 0 spiro atoms. The van der Waals surface area contributed by atoms with Crippen molar-refractivity contribution in [3.05, 3.63) is 28.2 Å². The van der Waals surface area contributed by atoms with E-state index in [0.717, 1.165) is 16.8 Å². The van der Waals surface area contributed by atoms with E-state index in [9.17, 15) is 14.4 Å². The summed E-state index contributed by atoms with van der Waals surface area (Å²) in [5.41, 5.74) is -0.801. The molecule has 1 atom stereocenters. The number of nitrogens with zero attached hydrogens (tertiary/aromatic N) is 2. The van der Waals surface area contributed by atoms with Gasteiger partial charge in [-0.25, -0.2) is 9.48 Å². The number of amides is 1. The van der Waals surface area contributed by atoms with Crippen LogP contribution in [0.4, 0.5) is 0 Å². The van der Waals surface area contributed by atoms with Crippen LogP contribution >= 0.6 is 0 Å². The van der Waals surface area contributed by atoms with Crippen LogP contribution in [0.25, 0.3) is 0 Å². The third-order valence-electron chi connectivity index (χ3n) is 2.22. The number of hydrogen-bond acceptors (Lipinski definition) is 4. The van der Waals surface area contributed by atoms with Crippen molar-refractivity contribution in [3.8, 4) is 0 Å². The van der Waals surface area contributed by atoms with Gasteiger partial charge in [-0.1, -0.05) is 0 Å². The number of carbonyl (C=O) groups is 2. The highest BCUT2D eigenvalue weighted by Crippen LogP contribution is 2.02. The molecule has 0 aliphatic rings. The van der Waals surface area contributed by atoms with E-state index in [4.69, 9.17) is 5.11 Å². The van der Waals surface area contributed by atoms with Gasteiger partial charge in [-0.15, -0.1) is 0 Å². The normalized spacial score (nSPS) is 12.2. The maximum absolute atomic E-state index is 11.7. The third-order valence-corrected chi connectivity index (χ3v) is 2.22. The summed E-state index contributed by atoms with van der Waals surface area (Å²) in [7, 11) is 0. The van der Waals surface area contributed by atoms with E-state index >= 15 is 0 Å². The van der Waals surface area contributed by atoms with Gasteiger partial charge < -0.3 is 10.4 Å². The summed E-state index contributed by atoms with van der Waals surface area (Å²) in [5, 5.41) is 15.1. The number of carbonyl (C=O) groups excluding carboxylic acids is 1. The zero-order valence-corrected chi connectivity index (χ0v) is 10.4. The first-order valence-electron chi connectivity index (χ1n) is 5.46. The molecule has 1 aromatic rings. The van der Waals surface area contributed by atoms with Crippen molar-refractivity contribution in [1.29, 1.82) is 0 Å². The smallest absolute Gasteiger partial charge is 0.356 e. The van der Waals surface area contributed by atoms with Crippen LogP contribution in [-0.4, -0.2) is 32.8 Å². The van der Waals surface area contributed by atoms with Gasteiger partial charge in [0.25, 0.3) is 5.56 Å². The highest BCUT2D eigenvalue weighted by atomic mass is 16.4. The van der Waals surface area contributed by atoms with E-state index in [2.05, 4.69) is 10.4 Å². The molecule has 1 rings (SSSR count). The van der Waals surface area contributed by atoms with Gasteiger partial charge in [-0.05, 0) is 26.8 Å². The van der Waals surface area contributed by atoms with Gasteiger partial charge in [-0.2, -0.15) is 5.10 Å². The maximum atomic E-state index is 11.7. The lowest BCUT2D eigenvalue weighted by Gasteiger charge is -2.15. The summed E-state index contributed by atoms with van der Waals surface area (Å²) in [6.45, 7) is 5.06. The number of nitrogens with one attached hydrogen (secondary N) is 1. The third kappa shape index (κ3) is 3.16. The standard InChI is InChI=1S/C11H15N3O4/c1-6(2)12-10(16)7(3)14-9(15)5-4-8(13-14)11(17)18/h4-7H,1-3H3,(H,12,16)(H,17,18).